The average molecular weight is 269 g/mol. The highest BCUT2D eigenvalue weighted by atomic mass is 35.5. The molecule has 18 heavy (non-hydrogen) atoms. The van der Waals surface area contributed by atoms with Crippen molar-refractivity contribution in [3.8, 4) is 0 Å². The number of benzene rings is 1. The highest BCUT2D eigenvalue weighted by Gasteiger charge is 2.13. The standard InChI is InChI=1S/C12H7ClF2N2O/c13-7-4-5-9(14)8(6-7)12(18)17-11-3-1-2-10(15)16-11/h1-6H,(H,16,17,18). The number of anilines is 1. The van der Waals surface area contributed by atoms with Crippen molar-refractivity contribution in [1.82, 2.24) is 4.98 Å². The van der Waals surface area contributed by atoms with Crippen molar-refractivity contribution in [2.45, 2.75) is 0 Å². The predicted octanol–water partition coefficient (Wildman–Crippen LogP) is 3.27. The molecule has 0 aliphatic rings. The number of rotatable bonds is 2. The Bertz CT molecular complexity index is 604. The number of hydrogen-bond acceptors (Lipinski definition) is 2. The van der Waals surface area contributed by atoms with Gasteiger partial charge >= 0.3 is 0 Å². The summed E-state index contributed by atoms with van der Waals surface area (Å²) in [5, 5.41) is 2.51. The quantitative estimate of drug-likeness (QED) is 0.850. The predicted molar refractivity (Wildman–Crippen MR) is 63.6 cm³/mol. The lowest BCUT2D eigenvalue weighted by atomic mass is 10.2. The van der Waals surface area contributed by atoms with E-state index in [1.807, 2.05) is 0 Å². The number of pyridine rings is 1. The fourth-order valence-corrected chi connectivity index (χ4v) is 1.51. The molecule has 0 atom stereocenters. The number of aromatic nitrogens is 1. The van der Waals surface area contributed by atoms with Crippen LogP contribution in [-0.2, 0) is 0 Å². The molecule has 92 valence electrons. The van der Waals surface area contributed by atoms with Crippen LogP contribution in [0.2, 0.25) is 5.02 Å². The number of hydrogen-bond donors (Lipinski definition) is 1. The first kappa shape index (κ1) is 12.4. The van der Waals surface area contributed by atoms with E-state index in [9.17, 15) is 13.6 Å². The van der Waals surface area contributed by atoms with Crippen LogP contribution in [0.4, 0.5) is 14.6 Å². The van der Waals surface area contributed by atoms with Crippen LogP contribution in [0, 0.1) is 11.8 Å². The maximum atomic E-state index is 13.4. The minimum atomic E-state index is -0.742. The average Bonchev–Trinajstić information content (AvgIpc) is 2.32. The molecular formula is C12H7ClF2N2O. The lowest BCUT2D eigenvalue weighted by molar-refractivity contribution is 0.102. The molecule has 1 heterocycles. The number of amides is 1. The van der Waals surface area contributed by atoms with Gasteiger partial charge in [0, 0.05) is 5.02 Å². The molecule has 0 saturated carbocycles. The van der Waals surface area contributed by atoms with E-state index in [1.54, 1.807) is 0 Å². The van der Waals surface area contributed by atoms with Gasteiger partial charge in [0.25, 0.3) is 5.91 Å². The van der Waals surface area contributed by atoms with Gasteiger partial charge in [0.2, 0.25) is 5.95 Å². The van der Waals surface area contributed by atoms with E-state index >= 15 is 0 Å². The van der Waals surface area contributed by atoms with E-state index in [0.717, 1.165) is 12.1 Å². The fraction of sp³-hybridized carbons (Fsp3) is 0. The van der Waals surface area contributed by atoms with Gasteiger partial charge in [-0.2, -0.15) is 4.39 Å². The Kier molecular flexibility index (Phi) is 3.53. The van der Waals surface area contributed by atoms with Gasteiger partial charge in [0.15, 0.2) is 0 Å². The van der Waals surface area contributed by atoms with Crippen LogP contribution in [0.3, 0.4) is 0 Å². The maximum Gasteiger partial charge on any atom is 0.259 e. The molecule has 6 heteroatoms. The summed E-state index contributed by atoms with van der Waals surface area (Å²) in [6, 6.07) is 7.50. The van der Waals surface area contributed by atoms with Gasteiger partial charge in [-0.1, -0.05) is 17.7 Å². The summed E-state index contributed by atoms with van der Waals surface area (Å²) >= 11 is 5.67. The van der Waals surface area contributed by atoms with Gasteiger partial charge in [-0.25, -0.2) is 9.37 Å². The van der Waals surface area contributed by atoms with E-state index in [1.165, 1.54) is 24.3 Å². The molecule has 0 aliphatic heterocycles. The molecule has 2 aromatic rings. The summed E-state index contributed by atoms with van der Waals surface area (Å²) < 4.78 is 26.2. The number of carbonyl (C=O) groups is 1. The smallest absolute Gasteiger partial charge is 0.259 e. The second kappa shape index (κ2) is 5.10. The zero-order chi connectivity index (χ0) is 13.1. The van der Waals surface area contributed by atoms with Gasteiger partial charge in [0.1, 0.15) is 11.6 Å². The summed E-state index contributed by atoms with van der Waals surface area (Å²) in [6.07, 6.45) is 0. The van der Waals surface area contributed by atoms with E-state index < -0.39 is 17.7 Å². The SMILES string of the molecule is O=C(Nc1cccc(F)n1)c1cc(Cl)ccc1F. The molecule has 1 amide bonds. The van der Waals surface area contributed by atoms with Crippen molar-refractivity contribution in [3.63, 3.8) is 0 Å². The Morgan fingerprint density at radius 2 is 2.00 bits per heavy atom. The molecular weight excluding hydrogens is 262 g/mol. The second-order valence-corrected chi connectivity index (χ2v) is 3.86. The van der Waals surface area contributed by atoms with Gasteiger partial charge < -0.3 is 5.32 Å². The molecule has 1 N–H and O–H groups in total. The number of nitrogens with zero attached hydrogens (tertiary/aromatic N) is 1. The van der Waals surface area contributed by atoms with Crippen molar-refractivity contribution >= 4 is 23.3 Å². The van der Waals surface area contributed by atoms with Gasteiger partial charge in [-0.15, -0.1) is 0 Å². The molecule has 2 rings (SSSR count). The lowest BCUT2D eigenvalue weighted by Crippen LogP contribution is -2.14. The van der Waals surface area contributed by atoms with Crippen LogP contribution < -0.4 is 5.32 Å². The zero-order valence-corrected chi connectivity index (χ0v) is 9.71. The second-order valence-electron chi connectivity index (χ2n) is 3.42. The Hall–Kier alpha value is -2.01. The van der Waals surface area contributed by atoms with Crippen molar-refractivity contribution in [3.05, 3.63) is 58.7 Å². The summed E-state index contributed by atoms with van der Waals surface area (Å²) in [6.45, 7) is 0. The minimum absolute atomic E-state index is 0.000578. The number of nitrogens with one attached hydrogen (secondary N) is 1. The summed E-state index contributed by atoms with van der Waals surface area (Å²) in [5.74, 6) is -2.19. The highest BCUT2D eigenvalue weighted by molar-refractivity contribution is 6.31. The summed E-state index contributed by atoms with van der Waals surface area (Å²) in [5.41, 5.74) is -0.228. The topological polar surface area (TPSA) is 42.0 Å². The third kappa shape index (κ3) is 2.81. The van der Waals surface area contributed by atoms with E-state index in [2.05, 4.69) is 10.3 Å². The van der Waals surface area contributed by atoms with Gasteiger partial charge in [0.05, 0.1) is 5.56 Å². The Morgan fingerprint density at radius 1 is 1.22 bits per heavy atom. The molecule has 0 unspecified atom stereocenters. The monoisotopic (exact) mass is 268 g/mol. The van der Waals surface area contributed by atoms with Crippen LogP contribution in [-0.4, -0.2) is 10.9 Å². The van der Waals surface area contributed by atoms with Crippen LogP contribution >= 0.6 is 11.6 Å². The van der Waals surface area contributed by atoms with Crippen LogP contribution in [0.1, 0.15) is 10.4 Å². The van der Waals surface area contributed by atoms with Crippen LogP contribution in [0.5, 0.6) is 0 Å². The van der Waals surface area contributed by atoms with Crippen molar-refractivity contribution in [1.29, 1.82) is 0 Å². The number of halogens is 3. The molecule has 3 nitrogen and oxygen atoms in total. The molecule has 0 fully saturated rings. The maximum absolute atomic E-state index is 13.4. The third-order valence-corrected chi connectivity index (χ3v) is 2.36. The molecule has 0 radical (unpaired) electrons. The van der Waals surface area contributed by atoms with Crippen molar-refractivity contribution in [2.24, 2.45) is 0 Å². The molecule has 1 aromatic carbocycles. The summed E-state index contributed by atoms with van der Waals surface area (Å²) in [7, 11) is 0. The molecule has 0 bridgehead atoms. The normalized spacial score (nSPS) is 10.2. The highest BCUT2D eigenvalue weighted by Crippen LogP contribution is 2.16. The molecule has 1 aromatic heterocycles. The molecule has 0 saturated heterocycles. The molecule has 0 aliphatic carbocycles. The first-order valence-corrected chi connectivity index (χ1v) is 5.33. The van der Waals surface area contributed by atoms with E-state index in [4.69, 9.17) is 11.6 Å². The van der Waals surface area contributed by atoms with E-state index in [0.29, 0.717) is 0 Å². The van der Waals surface area contributed by atoms with E-state index in [-0.39, 0.29) is 16.4 Å². The Morgan fingerprint density at radius 3 is 2.72 bits per heavy atom. The van der Waals surface area contributed by atoms with Gasteiger partial charge in [-0.05, 0) is 30.3 Å². The first-order valence-electron chi connectivity index (χ1n) is 4.95. The minimum Gasteiger partial charge on any atom is -0.306 e. The fourth-order valence-electron chi connectivity index (χ4n) is 1.33. The largest absolute Gasteiger partial charge is 0.306 e. The van der Waals surface area contributed by atoms with Crippen LogP contribution in [0.15, 0.2) is 36.4 Å². The van der Waals surface area contributed by atoms with Crippen LogP contribution in [0.25, 0.3) is 0 Å². The lowest BCUT2D eigenvalue weighted by Gasteiger charge is -2.05. The summed E-state index contributed by atoms with van der Waals surface area (Å²) in [4.78, 5) is 15.2. The van der Waals surface area contributed by atoms with Crippen molar-refractivity contribution in [2.75, 3.05) is 5.32 Å². The first-order chi connectivity index (χ1) is 8.56. The van der Waals surface area contributed by atoms with Gasteiger partial charge in [-0.3, -0.25) is 4.79 Å². The number of carbonyl (C=O) groups excluding carboxylic acids is 1. The third-order valence-electron chi connectivity index (χ3n) is 2.13. The zero-order valence-electron chi connectivity index (χ0n) is 8.95. The Balaban J connectivity index is 2.24. The molecule has 0 spiro atoms. The Labute approximate surface area is 106 Å². The van der Waals surface area contributed by atoms with Crippen molar-refractivity contribution < 1.29 is 13.6 Å².